The first-order valence-corrected chi connectivity index (χ1v) is 8.72. The van der Waals surface area contributed by atoms with Gasteiger partial charge in [0, 0.05) is 17.0 Å². The number of rotatable bonds is 7. The molecule has 2 aromatic rings. The Bertz CT molecular complexity index is 669. The molecule has 6 heteroatoms. The van der Waals surface area contributed by atoms with Crippen molar-refractivity contribution in [2.45, 2.75) is 26.3 Å². The van der Waals surface area contributed by atoms with Crippen LogP contribution in [-0.2, 0) is 11.2 Å². The van der Waals surface area contributed by atoms with Crippen molar-refractivity contribution >= 4 is 23.2 Å². The van der Waals surface area contributed by atoms with E-state index in [1.165, 1.54) is 29.1 Å². The van der Waals surface area contributed by atoms with Crippen molar-refractivity contribution in [2.75, 3.05) is 6.54 Å². The summed E-state index contributed by atoms with van der Waals surface area (Å²) in [5.74, 6) is -1.06. The molecule has 24 heavy (non-hydrogen) atoms. The van der Waals surface area contributed by atoms with E-state index in [9.17, 15) is 14.0 Å². The summed E-state index contributed by atoms with van der Waals surface area (Å²) in [6.07, 6.45) is 0.764. The minimum Gasteiger partial charge on any atom is -0.354 e. The molecule has 1 unspecified atom stereocenters. The van der Waals surface area contributed by atoms with Crippen molar-refractivity contribution in [3.8, 4) is 0 Å². The Morgan fingerprint density at radius 2 is 1.88 bits per heavy atom. The average Bonchev–Trinajstić information content (AvgIpc) is 3.06. The highest BCUT2D eigenvalue weighted by atomic mass is 32.1. The summed E-state index contributed by atoms with van der Waals surface area (Å²) in [6.45, 7) is 4.26. The Kier molecular flexibility index (Phi) is 6.49. The number of halogens is 1. The maximum atomic E-state index is 12.9. The predicted molar refractivity (Wildman–Crippen MR) is 93.5 cm³/mol. The highest BCUT2D eigenvalue weighted by molar-refractivity contribution is 7.09. The number of amides is 2. The predicted octanol–water partition coefficient (Wildman–Crippen LogP) is 3.00. The lowest BCUT2D eigenvalue weighted by molar-refractivity contribution is -0.123. The molecule has 0 saturated heterocycles. The first-order valence-electron chi connectivity index (χ1n) is 7.84. The molecule has 2 rings (SSSR count). The number of nitrogens with one attached hydrogen (secondary N) is 2. The zero-order valence-electron chi connectivity index (χ0n) is 13.7. The minimum absolute atomic E-state index is 0.0591. The van der Waals surface area contributed by atoms with E-state index < -0.39 is 11.9 Å². The van der Waals surface area contributed by atoms with Crippen LogP contribution in [-0.4, -0.2) is 24.4 Å². The molecule has 0 radical (unpaired) electrons. The van der Waals surface area contributed by atoms with Gasteiger partial charge in [-0.05, 0) is 48.1 Å². The Labute approximate surface area is 145 Å². The van der Waals surface area contributed by atoms with Crippen LogP contribution in [0.2, 0.25) is 0 Å². The number of thiophene rings is 1. The summed E-state index contributed by atoms with van der Waals surface area (Å²) in [5, 5.41) is 7.58. The van der Waals surface area contributed by atoms with Gasteiger partial charge in [0.2, 0.25) is 5.91 Å². The molecule has 1 aromatic carbocycles. The van der Waals surface area contributed by atoms with Crippen LogP contribution in [0, 0.1) is 11.7 Å². The van der Waals surface area contributed by atoms with Gasteiger partial charge in [-0.3, -0.25) is 9.59 Å². The third-order valence-electron chi connectivity index (χ3n) is 3.59. The zero-order valence-corrected chi connectivity index (χ0v) is 14.5. The van der Waals surface area contributed by atoms with E-state index in [1.54, 1.807) is 11.3 Å². The molecule has 1 aromatic heterocycles. The van der Waals surface area contributed by atoms with Crippen LogP contribution in [0.5, 0.6) is 0 Å². The molecule has 0 aliphatic rings. The molecule has 1 heterocycles. The molecular formula is C18H21FN2O2S. The van der Waals surface area contributed by atoms with Crippen molar-refractivity contribution in [1.82, 2.24) is 10.6 Å². The molecule has 2 N–H and O–H groups in total. The largest absolute Gasteiger partial charge is 0.354 e. The lowest BCUT2D eigenvalue weighted by atomic mass is 10.0. The Hall–Kier alpha value is -2.21. The Morgan fingerprint density at radius 1 is 1.17 bits per heavy atom. The Morgan fingerprint density at radius 3 is 2.46 bits per heavy atom. The molecule has 2 amide bonds. The second kappa shape index (κ2) is 8.59. The van der Waals surface area contributed by atoms with Crippen LogP contribution in [0.3, 0.4) is 0 Å². The first kappa shape index (κ1) is 18.1. The summed E-state index contributed by atoms with van der Waals surface area (Å²) in [7, 11) is 0. The second-order valence-electron chi connectivity index (χ2n) is 5.82. The van der Waals surface area contributed by atoms with Crippen molar-refractivity contribution in [1.29, 1.82) is 0 Å². The molecular weight excluding hydrogens is 327 g/mol. The quantitative estimate of drug-likeness (QED) is 0.808. The Balaban J connectivity index is 1.91. The highest BCUT2D eigenvalue weighted by Gasteiger charge is 2.24. The van der Waals surface area contributed by atoms with Crippen molar-refractivity contribution < 1.29 is 14.0 Å². The van der Waals surface area contributed by atoms with Crippen LogP contribution in [0.25, 0.3) is 0 Å². The molecule has 0 aliphatic heterocycles. The van der Waals surface area contributed by atoms with E-state index in [-0.39, 0.29) is 17.7 Å². The number of hydrogen-bond donors (Lipinski definition) is 2. The van der Waals surface area contributed by atoms with Gasteiger partial charge in [0.1, 0.15) is 11.9 Å². The molecule has 0 saturated carbocycles. The van der Waals surface area contributed by atoms with E-state index >= 15 is 0 Å². The van der Waals surface area contributed by atoms with Gasteiger partial charge in [0.15, 0.2) is 0 Å². The summed E-state index contributed by atoms with van der Waals surface area (Å²) in [5.41, 5.74) is 0.327. The minimum atomic E-state index is -0.633. The second-order valence-corrected chi connectivity index (χ2v) is 6.85. The number of carbonyl (C=O) groups is 2. The van der Waals surface area contributed by atoms with E-state index in [4.69, 9.17) is 0 Å². The van der Waals surface area contributed by atoms with Gasteiger partial charge in [-0.15, -0.1) is 11.3 Å². The van der Waals surface area contributed by atoms with Crippen molar-refractivity contribution in [3.05, 3.63) is 58.0 Å². The molecule has 0 fully saturated rings. The van der Waals surface area contributed by atoms with E-state index in [0.717, 1.165) is 6.42 Å². The number of carbonyl (C=O) groups excluding carboxylic acids is 2. The SMILES string of the molecule is CC(C)C(NC(=O)c1ccc(F)cc1)C(=O)NCCc1cccs1. The molecule has 1 atom stereocenters. The molecule has 0 spiro atoms. The van der Waals surface area contributed by atoms with Gasteiger partial charge in [-0.1, -0.05) is 19.9 Å². The maximum absolute atomic E-state index is 12.9. The van der Waals surface area contributed by atoms with Gasteiger partial charge >= 0.3 is 0 Å². The van der Waals surface area contributed by atoms with Crippen molar-refractivity contribution in [2.24, 2.45) is 5.92 Å². The fraction of sp³-hybridized carbons (Fsp3) is 0.333. The van der Waals surface area contributed by atoms with Gasteiger partial charge in [-0.25, -0.2) is 4.39 Å². The van der Waals surface area contributed by atoms with Crippen LogP contribution >= 0.6 is 11.3 Å². The first-order chi connectivity index (χ1) is 11.5. The summed E-state index contributed by atoms with van der Waals surface area (Å²) in [4.78, 5) is 25.8. The molecule has 0 aliphatic carbocycles. The van der Waals surface area contributed by atoms with E-state index in [2.05, 4.69) is 10.6 Å². The third-order valence-corrected chi connectivity index (χ3v) is 4.53. The standard InChI is InChI=1S/C18H21FN2O2S/c1-12(2)16(18(23)20-10-9-15-4-3-11-24-15)21-17(22)13-5-7-14(19)8-6-13/h3-8,11-12,16H,9-10H2,1-2H3,(H,20,23)(H,21,22). The smallest absolute Gasteiger partial charge is 0.251 e. The lowest BCUT2D eigenvalue weighted by Gasteiger charge is -2.21. The zero-order chi connectivity index (χ0) is 17.5. The van der Waals surface area contributed by atoms with Crippen molar-refractivity contribution in [3.63, 3.8) is 0 Å². The van der Waals surface area contributed by atoms with Gasteiger partial charge in [0.05, 0.1) is 0 Å². The van der Waals surface area contributed by atoms with Crippen LogP contribution in [0.4, 0.5) is 4.39 Å². The van der Waals surface area contributed by atoms with Crippen LogP contribution in [0.15, 0.2) is 41.8 Å². The monoisotopic (exact) mass is 348 g/mol. The number of hydrogen-bond acceptors (Lipinski definition) is 3. The van der Waals surface area contributed by atoms with E-state index in [0.29, 0.717) is 12.1 Å². The molecule has 0 bridgehead atoms. The summed E-state index contributed by atoms with van der Waals surface area (Å²) in [6, 6.07) is 8.61. The summed E-state index contributed by atoms with van der Waals surface area (Å²) >= 11 is 1.65. The lowest BCUT2D eigenvalue weighted by Crippen LogP contribution is -2.50. The van der Waals surface area contributed by atoms with Gasteiger partial charge < -0.3 is 10.6 Å². The fourth-order valence-electron chi connectivity index (χ4n) is 2.23. The van der Waals surface area contributed by atoms with Gasteiger partial charge in [-0.2, -0.15) is 0 Å². The molecule has 4 nitrogen and oxygen atoms in total. The summed E-state index contributed by atoms with van der Waals surface area (Å²) < 4.78 is 12.9. The number of benzene rings is 1. The fourth-order valence-corrected chi connectivity index (χ4v) is 2.94. The molecule has 128 valence electrons. The van der Waals surface area contributed by atoms with Crippen LogP contribution in [0.1, 0.15) is 29.1 Å². The highest BCUT2D eigenvalue weighted by Crippen LogP contribution is 2.09. The normalized spacial score (nSPS) is 12.0. The average molecular weight is 348 g/mol. The third kappa shape index (κ3) is 5.16. The van der Waals surface area contributed by atoms with Gasteiger partial charge in [0.25, 0.3) is 5.91 Å². The van der Waals surface area contributed by atoms with E-state index in [1.807, 2.05) is 31.4 Å². The topological polar surface area (TPSA) is 58.2 Å². The maximum Gasteiger partial charge on any atom is 0.251 e. The van der Waals surface area contributed by atoms with Crippen LogP contribution < -0.4 is 10.6 Å².